The molecule has 1 aliphatic rings. The van der Waals surface area contributed by atoms with Gasteiger partial charge in [-0.25, -0.2) is 0 Å². The summed E-state index contributed by atoms with van der Waals surface area (Å²) in [4.78, 5) is 1.61. The van der Waals surface area contributed by atoms with Crippen molar-refractivity contribution in [3.8, 4) is 0 Å². The Hall–Kier alpha value is -1.06. The molecular weight excluding hydrogens is 266 g/mol. The summed E-state index contributed by atoms with van der Waals surface area (Å²) in [5.74, 6) is 0.659. The van der Waals surface area contributed by atoms with Gasteiger partial charge in [0.15, 0.2) is 0 Å². The van der Waals surface area contributed by atoms with E-state index in [1.165, 1.54) is 31.2 Å². The molecule has 0 radical (unpaired) electrons. The zero-order valence-electron chi connectivity index (χ0n) is 12.1. The quantitative estimate of drug-likeness (QED) is 0.854. The van der Waals surface area contributed by atoms with Gasteiger partial charge in [-0.3, -0.25) is 0 Å². The Labute approximate surface area is 125 Å². The first kappa shape index (κ1) is 13.9. The molecule has 108 valence electrons. The molecule has 2 aromatic heterocycles. The Morgan fingerprint density at radius 2 is 2.40 bits per heavy atom. The molecule has 0 amide bonds. The molecule has 0 saturated carbocycles. The van der Waals surface area contributed by atoms with Crippen LogP contribution in [-0.2, 0) is 12.8 Å². The first-order valence-electron chi connectivity index (χ1n) is 7.69. The molecule has 0 bridgehead atoms. The van der Waals surface area contributed by atoms with E-state index in [9.17, 15) is 0 Å². The predicted molar refractivity (Wildman–Crippen MR) is 84.5 cm³/mol. The smallest absolute Gasteiger partial charge is 0.0935 e. The number of hydrogen-bond acceptors (Lipinski definition) is 3. The third kappa shape index (κ3) is 2.99. The lowest BCUT2D eigenvalue weighted by Gasteiger charge is -2.31. The monoisotopic (exact) mass is 289 g/mol. The molecule has 0 saturated heterocycles. The van der Waals surface area contributed by atoms with Gasteiger partial charge in [-0.1, -0.05) is 6.92 Å². The maximum absolute atomic E-state index is 5.24. The van der Waals surface area contributed by atoms with Crippen LogP contribution in [0.1, 0.15) is 48.1 Å². The average Bonchev–Trinajstić information content (AvgIpc) is 3.13. The lowest BCUT2D eigenvalue weighted by Crippen LogP contribution is -2.38. The molecular formula is C17H23NOS. The van der Waals surface area contributed by atoms with Crippen molar-refractivity contribution in [1.82, 2.24) is 5.32 Å². The maximum atomic E-state index is 5.24. The molecule has 0 spiro atoms. The molecule has 1 N–H and O–H groups in total. The Morgan fingerprint density at radius 3 is 3.20 bits per heavy atom. The van der Waals surface area contributed by atoms with E-state index < -0.39 is 0 Å². The Bertz CT molecular complexity index is 517. The highest BCUT2D eigenvalue weighted by Crippen LogP contribution is 2.37. The summed E-state index contributed by atoms with van der Waals surface area (Å²) in [6.45, 7) is 3.33. The zero-order valence-corrected chi connectivity index (χ0v) is 12.9. The van der Waals surface area contributed by atoms with Crippen molar-refractivity contribution in [3.63, 3.8) is 0 Å². The number of rotatable bonds is 6. The van der Waals surface area contributed by atoms with Gasteiger partial charge in [-0.05, 0) is 67.3 Å². The largest absolute Gasteiger partial charge is 0.472 e. The van der Waals surface area contributed by atoms with Crippen LogP contribution in [0.4, 0.5) is 0 Å². The van der Waals surface area contributed by atoms with Crippen LogP contribution in [0.25, 0.3) is 0 Å². The molecule has 2 heterocycles. The summed E-state index contributed by atoms with van der Waals surface area (Å²) in [5.41, 5.74) is 2.90. The second kappa shape index (κ2) is 6.59. The maximum Gasteiger partial charge on any atom is 0.0935 e. The van der Waals surface area contributed by atoms with Gasteiger partial charge in [0, 0.05) is 16.8 Å². The van der Waals surface area contributed by atoms with E-state index in [0.29, 0.717) is 12.0 Å². The fourth-order valence-corrected chi connectivity index (χ4v) is 4.29. The summed E-state index contributed by atoms with van der Waals surface area (Å²) in [5, 5.41) is 6.03. The minimum Gasteiger partial charge on any atom is -0.472 e. The summed E-state index contributed by atoms with van der Waals surface area (Å²) < 4.78 is 5.24. The minimum absolute atomic E-state index is 0.529. The number of hydrogen-bond donors (Lipinski definition) is 1. The van der Waals surface area contributed by atoms with Gasteiger partial charge in [-0.2, -0.15) is 0 Å². The first-order valence-corrected chi connectivity index (χ1v) is 8.57. The highest BCUT2D eigenvalue weighted by Gasteiger charge is 2.28. The highest BCUT2D eigenvalue weighted by molar-refractivity contribution is 7.10. The Kier molecular flexibility index (Phi) is 4.58. The van der Waals surface area contributed by atoms with E-state index in [-0.39, 0.29) is 0 Å². The molecule has 2 nitrogen and oxygen atoms in total. The fourth-order valence-electron chi connectivity index (χ4n) is 3.29. The van der Waals surface area contributed by atoms with Crippen molar-refractivity contribution in [2.45, 2.75) is 51.0 Å². The third-order valence-corrected chi connectivity index (χ3v) is 5.27. The van der Waals surface area contributed by atoms with E-state index in [2.05, 4.69) is 29.8 Å². The minimum atomic E-state index is 0.529. The number of thiophene rings is 1. The first-order chi connectivity index (χ1) is 9.88. The van der Waals surface area contributed by atoms with Crippen molar-refractivity contribution < 1.29 is 4.42 Å². The van der Waals surface area contributed by atoms with Crippen molar-refractivity contribution in [3.05, 3.63) is 46.0 Å². The standard InChI is InChI=1S/C17H23NOS/c1-2-8-18-16(11-13-6-9-19-12-13)14-4-3-5-17-15(14)7-10-20-17/h6-7,9-10,12,14,16,18H,2-5,8,11H2,1H3. The van der Waals surface area contributed by atoms with Crippen LogP contribution in [0.2, 0.25) is 0 Å². The van der Waals surface area contributed by atoms with Crippen LogP contribution in [0.15, 0.2) is 34.5 Å². The van der Waals surface area contributed by atoms with Gasteiger partial charge >= 0.3 is 0 Å². The molecule has 0 fully saturated rings. The zero-order chi connectivity index (χ0) is 13.8. The van der Waals surface area contributed by atoms with Crippen LogP contribution in [-0.4, -0.2) is 12.6 Å². The van der Waals surface area contributed by atoms with Gasteiger partial charge < -0.3 is 9.73 Å². The van der Waals surface area contributed by atoms with E-state index >= 15 is 0 Å². The highest BCUT2D eigenvalue weighted by atomic mass is 32.1. The second-order valence-corrected chi connectivity index (χ2v) is 6.69. The van der Waals surface area contributed by atoms with Crippen molar-refractivity contribution >= 4 is 11.3 Å². The summed E-state index contributed by atoms with van der Waals surface area (Å²) >= 11 is 1.93. The normalized spacial score (nSPS) is 19.8. The molecule has 0 aromatic carbocycles. The van der Waals surface area contributed by atoms with Crippen molar-refractivity contribution in [1.29, 1.82) is 0 Å². The number of fused-ring (bicyclic) bond motifs is 1. The molecule has 2 aromatic rings. The Morgan fingerprint density at radius 1 is 1.45 bits per heavy atom. The molecule has 3 rings (SSSR count). The van der Waals surface area contributed by atoms with Crippen LogP contribution >= 0.6 is 11.3 Å². The summed E-state index contributed by atoms with van der Waals surface area (Å²) in [7, 11) is 0. The van der Waals surface area contributed by atoms with Gasteiger partial charge in [-0.15, -0.1) is 11.3 Å². The summed E-state index contributed by atoms with van der Waals surface area (Å²) in [6, 6.07) is 4.97. The molecule has 0 aliphatic heterocycles. The van der Waals surface area contributed by atoms with E-state index in [0.717, 1.165) is 13.0 Å². The van der Waals surface area contributed by atoms with Gasteiger partial charge in [0.1, 0.15) is 0 Å². The Balaban J connectivity index is 1.79. The molecule has 3 heteroatoms. The molecule has 2 unspecified atom stereocenters. The van der Waals surface area contributed by atoms with Crippen molar-refractivity contribution in [2.75, 3.05) is 6.54 Å². The van der Waals surface area contributed by atoms with E-state index in [4.69, 9.17) is 4.42 Å². The number of aryl methyl sites for hydroxylation is 1. The SMILES string of the molecule is CCCNC(Cc1ccoc1)C1CCCc2sccc21. The van der Waals surface area contributed by atoms with Gasteiger partial charge in [0.25, 0.3) is 0 Å². The summed E-state index contributed by atoms with van der Waals surface area (Å²) in [6.07, 6.45) is 9.83. The van der Waals surface area contributed by atoms with Crippen LogP contribution < -0.4 is 5.32 Å². The third-order valence-electron chi connectivity index (χ3n) is 4.28. The van der Waals surface area contributed by atoms with Crippen LogP contribution in [0, 0.1) is 0 Å². The molecule has 20 heavy (non-hydrogen) atoms. The lowest BCUT2D eigenvalue weighted by molar-refractivity contribution is 0.390. The topological polar surface area (TPSA) is 25.2 Å². The predicted octanol–water partition coefficient (Wildman–Crippen LogP) is 4.37. The second-order valence-electron chi connectivity index (χ2n) is 5.69. The van der Waals surface area contributed by atoms with E-state index in [1.54, 1.807) is 16.7 Å². The van der Waals surface area contributed by atoms with E-state index in [1.807, 2.05) is 17.6 Å². The van der Waals surface area contributed by atoms with Crippen molar-refractivity contribution in [2.24, 2.45) is 0 Å². The fraction of sp³-hybridized carbons (Fsp3) is 0.529. The lowest BCUT2D eigenvalue weighted by atomic mass is 9.80. The van der Waals surface area contributed by atoms with Crippen LogP contribution in [0.3, 0.4) is 0 Å². The van der Waals surface area contributed by atoms with Crippen LogP contribution in [0.5, 0.6) is 0 Å². The van der Waals surface area contributed by atoms with Gasteiger partial charge in [0.05, 0.1) is 12.5 Å². The molecule has 1 aliphatic carbocycles. The number of nitrogens with one attached hydrogen (secondary N) is 1. The number of furan rings is 1. The average molecular weight is 289 g/mol. The van der Waals surface area contributed by atoms with Gasteiger partial charge in [0.2, 0.25) is 0 Å². The molecule has 2 atom stereocenters.